The van der Waals surface area contributed by atoms with E-state index in [4.69, 9.17) is 0 Å². The lowest BCUT2D eigenvalue weighted by molar-refractivity contribution is -0.121. The van der Waals surface area contributed by atoms with Gasteiger partial charge < -0.3 is 5.32 Å². The fourth-order valence-electron chi connectivity index (χ4n) is 4.13. The van der Waals surface area contributed by atoms with Gasteiger partial charge in [-0.25, -0.2) is 0 Å². The summed E-state index contributed by atoms with van der Waals surface area (Å²) in [4.78, 5) is 14.8. The van der Waals surface area contributed by atoms with Crippen LogP contribution in [0.5, 0.6) is 0 Å². The first-order valence-corrected chi connectivity index (χ1v) is 9.42. The molecule has 1 aliphatic carbocycles. The first kappa shape index (κ1) is 16.3. The zero-order valence-corrected chi connectivity index (χ0v) is 14.7. The van der Waals surface area contributed by atoms with Crippen molar-refractivity contribution in [2.75, 3.05) is 13.1 Å². The van der Waals surface area contributed by atoms with Crippen LogP contribution in [0.3, 0.4) is 0 Å². The minimum absolute atomic E-state index is 0.157. The zero-order valence-electron chi connectivity index (χ0n) is 14.7. The van der Waals surface area contributed by atoms with Crippen molar-refractivity contribution in [2.24, 2.45) is 0 Å². The number of carbonyl (C=O) groups excluding carboxylic acids is 1. The molecule has 3 heteroatoms. The van der Waals surface area contributed by atoms with E-state index in [1.54, 1.807) is 0 Å². The number of nitrogens with zero attached hydrogens (tertiary/aromatic N) is 1. The highest BCUT2D eigenvalue weighted by Crippen LogP contribution is 2.23. The maximum atomic E-state index is 12.4. The van der Waals surface area contributed by atoms with Gasteiger partial charge in [-0.2, -0.15) is 0 Å². The molecule has 2 aromatic rings. The molecule has 1 heterocycles. The van der Waals surface area contributed by atoms with Crippen LogP contribution in [0.15, 0.2) is 48.5 Å². The van der Waals surface area contributed by atoms with E-state index < -0.39 is 0 Å². The molecule has 1 atom stereocenters. The van der Waals surface area contributed by atoms with Gasteiger partial charge in [0.25, 0.3) is 0 Å². The number of hydrogen-bond acceptors (Lipinski definition) is 2. The summed E-state index contributed by atoms with van der Waals surface area (Å²) in [6.45, 7) is 2.97. The molecule has 3 nitrogen and oxygen atoms in total. The lowest BCUT2D eigenvalue weighted by Crippen LogP contribution is -2.37. The van der Waals surface area contributed by atoms with Crippen molar-refractivity contribution in [3.63, 3.8) is 0 Å². The van der Waals surface area contributed by atoms with Crippen molar-refractivity contribution in [1.29, 1.82) is 0 Å². The Morgan fingerprint density at radius 1 is 1.04 bits per heavy atom. The van der Waals surface area contributed by atoms with Crippen LogP contribution in [0.25, 0.3) is 0 Å². The second-order valence-corrected chi connectivity index (χ2v) is 7.41. The number of carbonyl (C=O) groups is 1. The standard InChI is InChI=1S/C22H26N2O/c25-22(14-18-9-10-19-7-4-8-20(19)13-18)23-21-11-12-24(16-21)15-17-5-2-1-3-6-17/h1-3,5-6,9-10,13,21H,4,7-8,11-12,14-16H2,(H,23,25). The van der Waals surface area contributed by atoms with Gasteiger partial charge in [-0.15, -0.1) is 0 Å². The van der Waals surface area contributed by atoms with Gasteiger partial charge in [-0.3, -0.25) is 9.69 Å². The molecule has 130 valence electrons. The molecule has 0 bridgehead atoms. The van der Waals surface area contributed by atoms with Gasteiger partial charge >= 0.3 is 0 Å². The molecule has 0 saturated carbocycles. The molecule has 1 amide bonds. The first-order chi connectivity index (χ1) is 12.3. The number of benzene rings is 2. The molecule has 2 aromatic carbocycles. The summed E-state index contributed by atoms with van der Waals surface area (Å²) in [6.07, 6.45) is 5.17. The summed E-state index contributed by atoms with van der Waals surface area (Å²) in [5.41, 5.74) is 5.40. The predicted molar refractivity (Wildman–Crippen MR) is 100 cm³/mol. The summed E-state index contributed by atoms with van der Waals surface area (Å²) in [6, 6.07) is 17.4. The lowest BCUT2D eigenvalue weighted by Gasteiger charge is -2.17. The lowest BCUT2D eigenvalue weighted by atomic mass is 10.0. The second-order valence-electron chi connectivity index (χ2n) is 7.41. The third-order valence-electron chi connectivity index (χ3n) is 5.41. The Morgan fingerprint density at radius 3 is 2.76 bits per heavy atom. The highest BCUT2D eigenvalue weighted by Gasteiger charge is 2.24. The average molecular weight is 334 g/mol. The minimum atomic E-state index is 0.157. The number of likely N-dealkylation sites (tertiary alicyclic amines) is 1. The quantitative estimate of drug-likeness (QED) is 0.911. The average Bonchev–Trinajstić information content (AvgIpc) is 3.24. The summed E-state index contributed by atoms with van der Waals surface area (Å²) in [7, 11) is 0. The zero-order chi connectivity index (χ0) is 17.1. The van der Waals surface area contributed by atoms with Crippen LogP contribution in [0, 0.1) is 0 Å². The van der Waals surface area contributed by atoms with Crippen LogP contribution in [0.4, 0.5) is 0 Å². The normalized spacial score (nSPS) is 19.8. The van der Waals surface area contributed by atoms with Crippen molar-refractivity contribution >= 4 is 5.91 Å². The molecule has 0 radical (unpaired) electrons. The topological polar surface area (TPSA) is 32.3 Å². The number of nitrogens with one attached hydrogen (secondary N) is 1. The number of hydrogen-bond donors (Lipinski definition) is 1. The fraction of sp³-hybridized carbons (Fsp3) is 0.409. The second kappa shape index (κ2) is 7.40. The van der Waals surface area contributed by atoms with Gasteiger partial charge in [-0.1, -0.05) is 48.5 Å². The Bertz CT molecular complexity index is 741. The van der Waals surface area contributed by atoms with E-state index >= 15 is 0 Å². The van der Waals surface area contributed by atoms with Crippen molar-refractivity contribution in [2.45, 2.75) is 44.7 Å². The van der Waals surface area contributed by atoms with Crippen LogP contribution >= 0.6 is 0 Å². The van der Waals surface area contributed by atoms with Gasteiger partial charge in [0.15, 0.2) is 0 Å². The molecular weight excluding hydrogens is 308 g/mol. The molecule has 0 spiro atoms. The van der Waals surface area contributed by atoms with Gasteiger partial charge in [-0.05, 0) is 47.9 Å². The third-order valence-corrected chi connectivity index (χ3v) is 5.41. The van der Waals surface area contributed by atoms with E-state index in [-0.39, 0.29) is 11.9 Å². The van der Waals surface area contributed by atoms with Crippen LogP contribution in [-0.4, -0.2) is 29.9 Å². The molecule has 1 N–H and O–H groups in total. The number of amides is 1. The van der Waals surface area contributed by atoms with Crippen molar-refractivity contribution < 1.29 is 4.79 Å². The van der Waals surface area contributed by atoms with Crippen molar-refractivity contribution in [3.8, 4) is 0 Å². The molecule has 1 fully saturated rings. The Hall–Kier alpha value is -2.13. The molecule has 25 heavy (non-hydrogen) atoms. The largest absolute Gasteiger partial charge is 0.352 e. The Balaban J connectivity index is 1.27. The molecule has 1 saturated heterocycles. The van der Waals surface area contributed by atoms with E-state index in [9.17, 15) is 4.79 Å². The van der Waals surface area contributed by atoms with Gasteiger partial charge in [0.05, 0.1) is 6.42 Å². The Labute approximate surface area is 150 Å². The summed E-state index contributed by atoms with van der Waals surface area (Å²) in [5, 5.41) is 3.23. The van der Waals surface area contributed by atoms with E-state index in [0.29, 0.717) is 6.42 Å². The summed E-state index contributed by atoms with van der Waals surface area (Å²) in [5.74, 6) is 0.157. The maximum absolute atomic E-state index is 12.4. The van der Waals surface area contributed by atoms with E-state index in [2.05, 4.69) is 58.7 Å². The van der Waals surface area contributed by atoms with Crippen molar-refractivity contribution in [3.05, 3.63) is 70.8 Å². The van der Waals surface area contributed by atoms with E-state index in [0.717, 1.165) is 31.6 Å². The van der Waals surface area contributed by atoms with Gasteiger partial charge in [0.2, 0.25) is 5.91 Å². The van der Waals surface area contributed by atoms with Crippen LogP contribution < -0.4 is 5.32 Å². The smallest absolute Gasteiger partial charge is 0.224 e. The van der Waals surface area contributed by atoms with Crippen LogP contribution in [0.1, 0.15) is 35.1 Å². The summed E-state index contributed by atoms with van der Waals surface area (Å²) >= 11 is 0. The third kappa shape index (κ3) is 4.10. The number of rotatable bonds is 5. The highest BCUT2D eigenvalue weighted by molar-refractivity contribution is 5.79. The highest BCUT2D eigenvalue weighted by atomic mass is 16.1. The molecule has 2 aliphatic rings. The molecule has 0 aromatic heterocycles. The first-order valence-electron chi connectivity index (χ1n) is 9.42. The fourth-order valence-corrected chi connectivity index (χ4v) is 4.13. The maximum Gasteiger partial charge on any atom is 0.224 e. The minimum Gasteiger partial charge on any atom is -0.352 e. The molecule has 1 aliphatic heterocycles. The predicted octanol–water partition coefficient (Wildman–Crippen LogP) is 3.11. The Kier molecular flexibility index (Phi) is 4.84. The van der Waals surface area contributed by atoms with E-state index in [1.807, 2.05) is 0 Å². The van der Waals surface area contributed by atoms with E-state index in [1.165, 1.54) is 36.0 Å². The molecule has 1 unspecified atom stereocenters. The van der Waals surface area contributed by atoms with Gasteiger partial charge in [0.1, 0.15) is 0 Å². The molecule has 4 rings (SSSR count). The van der Waals surface area contributed by atoms with Crippen LogP contribution in [-0.2, 0) is 30.6 Å². The van der Waals surface area contributed by atoms with Crippen LogP contribution in [0.2, 0.25) is 0 Å². The van der Waals surface area contributed by atoms with Gasteiger partial charge in [0, 0.05) is 25.7 Å². The molecular formula is C22H26N2O. The number of fused-ring (bicyclic) bond motifs is 1. The monoisotopic (exact) mass is 334 g/mol. The SMILES string of the molecule is O=C(Cc1ccc2c(c1)CCC2)NC1CCN(Cc2ccccc2)C1. The summed E-state index contributed by atoms with van der Waals surface area (Å²) < 4.78 is 0. The number of aryl methyl sites for hydroxylation is 2. The Morgan fingerprint density at radius 2 is 1.88 bits per heavy atom. The van der Waals surface area contributed by atoms with Crippen molar-refractivity contribution in [1.82, 2.24) is 10.2 Å².